The summed E-state index contributed by atoms with van der Waals surface area (Å²) >= 11 is 0. The number of hydrogen-bond donors (Lipinski definition) is 2. The zero-order valence-corrected chi connectivity index (χ0v) is 21.4. The molecule has 2 N–H and O–H groups in total. The van der Waals surface area contributed by atoms with Gasteiger partial charge in [0, 0.05) is 31.1 Å². The summed E-state index contributed by atoms with van der Waals surface area (Å²) in [5.41, 5.74) is 1.24. The number of halogens is 7. The van der Waals surface area contributed by atoms with Crippen molar-refractivity contribution in [2.24, 2.45) is 23.7 Å². The number of fused-ring (bicyclic) bond motifs is 1. The molecule has 2 aromatic rings. The minimum absolute atomic E-state index is 0.0470. The Hall–Kier alpha value is -2.93. The van der Waals surface area contributed by atoms with Crippen molar-refractivity contribution >= 4 is 17.5 Å². The van der Waals surface area contributed by atoms with Gasteiger partial charge in [0.15, 0.2) is 5.65 Å². The maximum atomic E-state index is 13.9. The molecule has 4 atom stereocenters. The van der Waals surface area contributed by atoms with Crippen LogP contribution in [-0.2, 0) is 9.59 Å². The molecular weight excluding hydrogens is 547 g/mol. The van der Waals surface area contributed by atoms with Gasteiger partial charge in [-0.3, -0.25) is 9.59 Å². The molecule has 220 valence electrons. The van der Waals surface area contributed by atoms with Gasteiger partial charge < -0.3 is 10.6 Å². The Morgan fingerprint density at radius 1 is 1.05 bits per heavy atom. The van der Waals surface area contributed by atoms with Gasteiger partial charge in [-0.1, -0.05) is 0 Å². The number of nitrogens with one attached hydrogen (secondary N) is 2. The third kappa shape index (κ3) is 6.85. The molecule has 3 saturated carbocycles. The lowest BCUT2D eigenvalue weighted by molar-refractivity contribution is -0.144. The first-order chi connectivity index (χ1) is 18.8. The molecule has 0 unspecified atom stereocenters. The minimum atomic E-state index is -4.45. The summed E-state index contributed by atoms with van der Waals surface area (Å²) in [5.74, 6) is -6.29. The standard InChI is InChI=1S/C26H30F7N5O2/c27-23(28)16-10-17(16)24(40)37-22(14-3-6-25(29,30)7-4-14)18-12-38-19(35-18)9-15(11-34-38)21(13-1-2-13)36-20(39)5-8-26(31,32)33/h9,11-14,16-17,21-23H,1-8,10H2,(H,36,39)(H,37,40)/t16-,17+,21+,22-/m0/s1. The van der Waals surface area contributed by atoms with Crippen LogP contribution in [-0.4, -0.2) is 44.9 Å². The van der Waals surface area contributed by atoms with E-state index in [0.29, 0.717) is 16.9 Å². The first-order valence-electron chi connectivity index (χ1n) is 13.5. The molecule has 2 aromatic heterocycles. The van der Waals surface area contributed by atoms with Crippen molar-refractivity contribution in [3.8, 4) is 0 Å². The highest BCUT2D eigenvalue weighted by atomic mass is 19.4. The van der Waals surface area contributed by atoms with Gasteiger partial charge in [0.25, 0.3) is 0 Å². The van der Waals surface area contributed by atoms with Gasteiger partial charge in [0.2, 0.25) is 24.2 Å². The Morgan fingerprint density at radius 2 is 1.73 bits per heavy atom. The van der Waals surface area contributed by atoms with Crippen molar-refractivity contribution in [2.75, 3.05) is 0 Å². The van der Waals surface area contributed by atoms with Crippen LogP contribution in [0.5, 0.6) is 0 Å². The van der Waals surface area contributed by atoms with E-state index in [9.17, 15) is 40.3 Å². The maximum absolute atomic E-state index is 13.9. The van der Waals surface area contributed by atoms with Crippen molar-refractivity contribution in [2.45, 2.75) is 88.4 Å². The normalized spacial score (nSPS) is 24.6. The van der Waals surface area contributed by atoms with Gasteiger partial charge in [-0.05, 0) is 55.6 Å². The maximum Gasteiger partial charge on any atom is 0.389 e. The Labute approximate surface area is 225 Å². The fraction of sp³-hybridized carbons (Fsp3) is 0.692. The van der Waals surface area contributed by atoms with Crippen LogP contribution in [0.25, 0.3) is 5.65 Å². The zero-order chi connectivity index (χ0) is 28.8. The molecule has 0 spiro atoms. The summed E-state index contributed by atoms with van der Waals surface area (Å²) in [6, 6.07) is 0.315. The average molecular weight is 578 g/mol. The lowest BCUT2D eigenvalue weighted by atomic mass is 9.81. The number of aromatic nitrogens is 3. The van der Waals surface area contributed by atoms with E-state index in [1.807, 2.05) is 0 Å². The first-order valence-corrected chi connectivity index (χ1v) is 13.5. The third-order valence-corrected chi connectivity index (χ3v) is 8.11. The highest BCUT2D eigenvalue weighted by Gasteiger charge is 2.50. The number of nitrogens with zero attached hydrogens (tertiary/aromatic N) is 3. The van der Waals surface area contributed by atoms with Crippen LogP contribution in [0, 0.1) is 23.7 Å². The molecule has 0 aromatic carbocycles. The summed E-state index contributed by atoms with van der Waals surface area (Å²) in [5, 5.41) is 9.79. The zero-order valence-electron chi connectivity index (χ0n) is 21.4. The van der Waals surface area contributed by atoms with Crippen LogP contribution >= 0.6 is 0 Å². The number of amides is 2. The van der Waals surface area contributed by atoms with E-state index in [2.05, 4.69) is 20.7 Å². The smallest absolute Gasteiger partial charge is 0.349 e. The lowest BCUT2D eigenvalue weighted by Gasteiger charge is -2.33. The Bertz CT molecular complexity index is 1240. The van der Waals surface area contributed by atoms with Gasteiger partial charge in [0.05, 0.1) is 36.6 Å². The molecule has 7 nitrogen and oxygen atoms in total. The second kappa shape index (κ2) is 10.8. The van der Waals surface area contributed by atoms with Crippen molar-refractivity contribution in [1.82, 2.24) is 25.2 Å². The molecule has 5 rings (SSSR count). The van der Waals surface area contributed by atoms with Crippen LogP contribution in [0.1, 0.15) is 81.1 Å². The molecule has 2 heterocycles. The topological polar surface area (TPSA) is 88.4 Å². The number of imidazole rings is 1. The Kier molecular flexibility index (Phi) is 7.73. The monoisotopic (exact) mass is 577 g/mol. The molecule has 2 amide bonds. The van der Waals surface area contributed by atoms with Gasteiger partial charge in [-0.25, -0.2) is 27.1 Å². The van der Waals surface area contributed by atoms with Crippen LogP contribution < -0.4 is 10.6 Å². The molecule has 0 radical (unpaired) electrons. The van der Waals surface area contributed by atoms with Crippen molar-refractivity contribution in [3.63, 3.8) is 0 Å². The van der Waals surface area contributed by atoms with Gasteiger partial charge >= 0.3 is 6.18 Å². The van der Waals surface area contributed by atoms with E-state index in [1.54, 1.807) is 12.3 Å². The van der Waals surface area contributed by atoms with Gasteiger partial charge in [-0.2, -0.15) is 18.3 Å². The quantitative estimate of drug-likeness (QED) is 0.364. The van der Waals surface area contributed by atoms with Crippen molar-refractivity contribution < 1.29 is 40.3 Å². The number of carbonyl (C=O) groups is 2. The van der Waals surface area contributed by atoms with E-state index in [0.717, 1.165) is 12.8 Å². The number of rotatable bonds is 10. The molecule has 3 fully saturated rings. The fourth-order valence-electron chi connectivity index (χ4n) is 5.52. The minimum Gasteiger partial charge on any atom is -0.349 e. The van der Waals surface area contributed by atoms with Crippen molar-refractivity contribution in [1.29, 1.82) is 0 Å². The van der Waals surface area contributed by atoms with E-state index in [-0.39, 0.29) is 43.9 Å². The predicted molar refractivity (Wildman–Crippen MR) is 127 cm³/mol. The van der Waals surface area contributed by atoms with Crippen LogP contribution in [0.15, 0.2) is 18.5 Å². The summed E-state index contributed by atoms with van der Waals surface area (Å²) in [7, 11) is 0. The Balaban J connectivity index is 1.36. The average Bonchev–Trinajstić information content (AvgIpc) is 3.80. The first kappa shape index (κ1) is 28.6. The summed E-state index contributed by atoms with van der Waals surface area (Å²) in [4.78, 5) is 29.6. The summed E-state index contributed by atoms with van der Waals surface area (Å²) in [6.07, 6.45) is -4.81. The molecule has 0 saturated heterocycles. The molecule has 0 aliphatic heterocycles. The summed E-state index contributed by atoms with van der Waals surface area (Å²) < 4.78 is 92.9. The van der Waals surface area contributed by atoms with Crippen LogP contribution in [0.3, 0.4) is 0 Å². The largest absolute Gasteiger partial charge is 0.389 e. The second-order valence-electron chi connectivity index (χ2n) is 11.3. The van der Waals surface area contributed by atoms with E-state index < -0.39 is 67.1 Å². The van der Waals surface area contributed by atoms with E-state index in [4.69, 9.17) is 0 Å². The molecule has 3 aliphatic rings. The lowest BCUT2D eigenvalue weighted by Crippen LogP contribution is -2.38. The molecule has 0 bridgehead atoms. The third-order valence-electron chi connectivity index (χ3n) is 8.11. The summed E-state index contributed by atoms with van der Waals surface area (Å²) in [6.45, 7) is 0. The van der Waals surface area contributed by atoms with Crippen LogP contribution in [0.2, 0.25) is 0 Å². The highest BCUT2D eigenvalue weighted by Crippen LogP contribution is 2.46. The van der Waals surface area contributed by atoms with E-state index >= 15 is 0 Å². The highest BCUT2D eigenvalue weighted by molar-refractivity contribution is 5.82. The number of alkyl halides is 7. The molecular formula is C26H30F7N5O2. The van der Waals surface area contributed by atoms with Crippen LogP contribution in [0.4, 0.5) is 30.7 Å². The van der Waals surface area contributed by atoms with Gasteiger partial charge in [-0.15, -0.1) is 0 Å². The second-order valence-corrected chi connectivity index (χ2v) is 11.3. The SMILES string of the molecule is O=C(CCC(F)(F)F)N[C@@H](c1cnn2cc([C@@H](NC(=O)[C@@H]3C[C@@H]3C(F)F)C3CCC(F)(F)CC3)nc2c1)C1CC1. The molecule has 40 heavy (non-hydrogen) atoms. The number of carbonyl (C=O) groups excluding carboxylic acids is 2. The fourth-order valence-corrected chi connectivity index (χ4v) is 5.52. The Morgan fingerprint density at radius 3 is 2.33 bits per heavy atom. The molecule has 3 aliphatic carbocycles. The van der Waals surface area contributed by atoms with Crippen molar-refractivity contribution in [3.05, 3.63) is 29.7 Å². The van der Waals surface area contributed by atoms with Gasteiger partial charge in [0.1, 0.15) is 0 Å². The number of hydrogen-bond acceptors (Lipinski definition) is 4. The van der Waals surface area contributed by atoms with E-state index in [1.165, 1.54) is 10.7 Å². The molecule has 14 heteroatoms. The predicted octanol–water partition coefficient (Wildman–Crippen LogP) is 5.52.